The number of halogens is 3. The average Bonchev–Trinajstić information content (AvgIpc) is 3.04. The zero-order valence-electron chi connectivity index (χ0n) is 12.2. The topological polar surface area (TPSA) is 46.3 Å². The molecule has 2 heterocycles. The minimum Gasteiger partial charge on any atom is -0.360 e. The molecule has 0 N–H and O–H groups in total. The molecule has 23 heavy (non-hydrogen) atoms. The Hall–Kier alpha value is -2.31. The van der Waals surface area contributed by atoms with Gasteiger partial charge in [0.05, 0.1) is 0 Å². The summed E-state index contributed by atoms with van der Waals surface area (Å²) in [7, 11) is 0. The summed E-state index contributed by atoms with van der Waals surface area (Å²) in [5.41, 5.74) is 1.63. The number of rotatable bonds is 2. The van der Waals surface area contributed by atoms with Crippen LogP contribution in [0.3, 0.4) is 0 Å². The number of alkyl halides is 3. The first-order valence-electron chi connectivity index (χ1n) is 7.33. The molecule has 0 saturated carbocycles. The number of carbonyl (C=O) groups excluding carboxylic acids is 1. The van der Waals surface area contributed by atoms with Gasteiger partial charge in [-0.2, -0.15) is 13.2 Å². The molecule has 1 aromatic heterocycles. The van der Waals surface area contributed by atoms with Crippen molar-refractivity contribution in [3.8, 4) is 11.3 Å². The van der Waals surface area contributed by atoms with E-state index in [-0.39, 0.29) is 19.0 Å². The van der Waals surface area contributed by atoms with E-state index in [1.54, 1.807) is 0 Å². The molecular weight excluding hydrogens is 309 g/mol. The van der Waals surface area contributed by atoms with Crippen molar-refractivity contribution in [2.24, 2.45) is 0 Å². The largest absolute Gasteiger partial charge is 0.471 e. The number of likely N-dealkylation sites (tertiary alicyclic amines) is 1. The molecule has 2 aromatic rings. The monoisotopic (exact) mass is 324 g/mol. The third-order valence-corrected chi connectivity index (χ3v) is 4.02. The summed E-state index contributed by atoms with van der Waals surface area (Å²) >= 11 is 0. The summed E-state index contributed by atoms with van der Waals surface area (Å²) in [6.45, 7) is 0.148. The quantitative estimate of drug-likeness (QED) is 0.848. The molecule has 4 nitrogen and oxygen atoms in total. The minimum atomic E-state index is -4.81. The highest BCUT2D eigenvalue weighted by molar-refractivity contribution is 5.81. The first-order chi connectivity index (χ1) is 10.9. The second-order valence-electron chi connectivity index (χ2n) is 5.54. The van der Waals surface area contributed by atoms with Gasteiger partial charge in [0.15, 0.2) is 0 Å². The average molecular weight is 324 g/mol. The van der Waals surface area contributed by atoms with Crippen molar-refractivity contribution in [1.82, 2.24) is 10.1 Å². The maximum atomic E-state index is 12.4. The lowest BCUT2D eigenvalue weighted by Crippen LogP contribution is -2.44. The summed E-state index contributed by atoms with van der Waals surface area (Å²) in [6, 6.07) is 11.3. The molecule has 0 unspecified atom stereocenters. The predicted molar refractivity (Wildman–Crippen MR) is 76.5 cm³/mol. The molecule has 0 radical (unpaired) electrons. The van der Waals surface area contributed by atoms with Crippen LogP contribution in [0.4, 0.5) is 13.2 Å². The van der Waals surface area contributed by atoms with Gasteiger partial charge in [-0.25, -0.2) is 0 Å². The molecule has 1 aromatic carbocycles. The fraction of sp³-hybridized carbons (Fsp3) is 0.375. The SMILES string of the molecule is O=C(N1CCC(c2cc(-c3ccccc3)no2)CC1)C(F)(F)F. The Morgan fingerprint density at radius 3 is 2.43 bits per heavy atom. The van der Waals surface area contributed by atoms with Gasteiger partial charge in [0.25, 0.3) is 0 Å². The van der Waals surface area contributed by atoms with Crippen LogP contribution in [-0.2, 0) is 4.79 Å². The van der Waals surface area contributed by atoms with Gasteiger partial charge in [-0.15, -0.1) is 0 Å². The Morgan fingerprint density at radius 2 is 1.83 bits per heavy atom. The van der Waals surface area contributed by atoms with E-state index in [2.05, 4.69) is 5.16 Å². The Kier molecular flexibility index (Phi) is 4.11. The van der Waals surface area contributed by atoms with Crippen molar-refractivity contribution in [3.05, 3.63) is 42.2 Å². The van der Waals surface area contributed by atoms with E-state index in [4.69, 9.17) is 4.52 Å². The second kappa shape index (κ2) is 6.06. The number of nitrogens with zero attached hydrogens (tertiary/aromatic N) is 2. The van der Waals surface area contributed by atoms with Gasteiger partial charge < -0.3 is 9.42 Å². The molecule has 1 amide bonds. The fourth-order valence-electron chi connectivity index (χ4n) is 2.77. The molecule has 7 heteroatoms. The summed E-state index contributed by atoms with van der Waals surface area (Å²) in [6.07, 6.45) is -3.93. The van der Waals surface area contributed by atoms with E-state index < -0.39 is 12.1 Å². The summed E-state index contributed by atoms with van der Waals surface area (Å²) < 4.78 is 42.6. The lowest BCUT2D eigenvalue weighted by atomic mass is 9.93. The van der Waals surface area contributed by atoms with E-state index in [9.17, 15) is 18.0 Å². The minimum absolute atomic E-state index is 0.0164. The molecule has 0 aliphatic carbocycles. The number of amides is 1. The van der Waals surface area contributed by atoms with E-state index >= 15 is 0 Å². The normalized spacial score (nSPS) is 16.6. The number of aromatic nitrogens is 1. The molecule has 0 atom stereocenters. The van der Waals surface area contributed by atoms with Crippen LogP contribution in [0, 0.1) is 0 Å². The smallest absolute Gasteiger partial charge is 0.360 e. The van der Waals surface area contributed by atoms with Crippen LogP contribution >= 0.6 is 0 Å². The van der Waals surface area contributed by atoms with Gasteiger partial charge >= 0.3 is 12.1 Å². The molecule has 122 valence electrons. The van der Waals surface area contributed by atoms with E-state index in [1.807, 2.05) is 36.4 Å². The van der Waals surface area contributed by atoms with Crippen molar-refractivity contribution in [2.45, 2.75) is 24.9 Å². The van der Waals surface area contributed by atoms with Gasteiger partial charge in [-0.05, 0) is 12.8 Å². The van der Waals surface area contributed by atoms with Gasteiger partial charge in [-0.1, -0.05) is 35.5 Å². The van der Waals surface area contributed by atoms with Crippen LogP contribution in [0.15, 0.2) is 40.9 Å². The predicted octanol–water partition coefficient (Wildman–Crippen LogP) is 3.61. The van der Waals surface area contributed by atoms with Gasteiger partial charge in [0.2, 0.25) is 0 Å². The van der Waals surface area contributed by atoms with Crippen LogP contribution in [0.5, 0.6) is 0 Å². The summed E-state index contributed by atoms with van der Waals surface area (Å²) in [5.74, 6) is -1.13. The number of hydrogen-bond acceptors (Lipinski definition) is 3. The highest BCUT2D eigenvalue weighted by Gasteiger charge is 2.43. The lowest BCUT2D eigenvalue weighted by molar-refractivity contribution is -0.186. The Morgan fingerprint density at radius 1 is 1.17 bits per heavy atom. The molecule has 1 fully saturated rings. The number of benzene rings is 1. The molecule has 1 aliphatic rings. The zero-order valence-corrected chi connectivity index (χ0v) is 12.2. The highest BCUT2D eigenvalue weighted by atomic mass is 19.4. The van der Waals surface area contributed by atoms with E-state index in [1.165, 1.54) is 0 Å². The lowest BCUT2D eigenvalue weighted by Gasteiger charge is -2.31. The van der Waals surface area contributed by atoms with Crippen LogP contribution in [0.2, 0.25) is 0 Å². The van der Waals surface area contributed by atoms with E-state index in [0.717, 1.165) is 10.5 Å². The third kappa shape index (κ3) is 3.38. The van der Waals surface area contributed by atoms with Crippen molar-refractivity contribution in [2.75, 3.05) is 13.1 Å². The zero-order chi connectivity index (χ0) is 16.4. The van der Waals surface area contributed by atoms with Gasteiger partial charge in [-0.3, -0.25) is 4.79 Å². The molecule has 3 rings (SSSR count). The third-order valence-electron chi connectivity index (χ3n) is 4.02. The Bertz CT molecular complexity index is 674. The Labute approximate surface area is 130 Å². The summed E-state index contributed by atoms with van der Waals surface area (Å²) in [4.78, 5) is 12.1. The van der Waals surface area contributed by atoms with Crippen molar-refractivity contribution >= 4 is 5.91 Å². The molecule has 1 aliphatic heterocycles. The number of hydrogen-bond donors (Lipinski definition) is 0. The fourth-order valence-corrected chi connectivity index (χ4v) is 2.77. The molecule has 0 spiro atoms. The molecule has 0 bridgehead atoms. The van der Waals surface area contributed by atoms with Crippen LogP contribution in [-0.4, -0.2) is 35.2 Å². The van der Waals surface area contributed by atoms with Crippen LogP contribution < -0.4 is 0 Å². The van der Waals surface area contributed by atoms with E-state index in [0.29, 0.717) is 24.3 Å². The Balaban J connectivity index is 1.65. The maximum Gasteiger partial charge on any atom is 0.471 e. The van der Waals surface area contributed by atoms with Crippen molar-refractivity contribution in [1.29, 1.82) is 0 Å². The number of piperidine rings is 1. The maximum absolute atomic E-state index is 12.4. The van der Waals surface area contributed by atoms with Crippen molar-refractivity contribution < 1.29 is 22.5 Å². The van der Waals surface area contributed by atoms with Crippen molar-refractivity contribution in [3.63, 3.8) is 0 Å². The number of carbonyl (C=O) groups is 1. The van der Waals surface area contributed by atoms with Crippen LogP contribution in [0.25, 0.3) is 11.3 Å². The second-order valence-corrected chi connectivity index (χ2v) is 5.54. The summed E-state index contributed by atoms with van der Waals surface area (Å²) in [5, 5.41) is 4.02. The van der Waals surface area contributed by atoms with Crippen LogP contribution in [0.1, 0.15) is 24.5 Å². The van der Waals surface area contributed by atoms with Gasteiger partial charge in [0.1, 0.15) is 11.5 Å². The first-order valence-corrected chi connectivity index (χ1v) is 7.33. The van der Waals surface area contributed by atoms with Gasteiger partial charge in [0, 0.05) is 30.6 Å². The molecular formula is C16H15F3N2O2. The standard InChI is InChI=1S/C16H15F3N2O2/c17-16(18,19)15(22)21-8-6-12(7-9-21)14-10-13(20-23-14)11-4-2-1-3-5-11/h1-5,10,12H,6-9H2. The highest BCUT2D eigenvalue weighted by Crippen LogP contribution is 2.32. The molecule has 1 saturated heterocycles. The first kappa shape index (κ1) is 15.6.